The molecule has 43 heavy (non-hydrogen) atoms. The van der Waals surface area contributed by atoms with Gasteiger partial charge in [0.2, 0.25) is 0 Å². The van der Waals surface area contributed by atoms with Gasteiger partial charge in [-0.15, -0.1) is 0 Å². The lowest BCUT2D eigenvalue weighted by Gasteiger charge is -2.23. The number of aryl methyl sites for hydroxylation is 2. The highest BCUT2D eigenvalue weighted by Gasteiger charge is 2.48. The Kier molecular flexibility index (Phi) is 8.04. The number of Topliss-reactive ketones (excluding diaryl/α,β-unsaturated/α-hetero) is 1. The molecule has 1 aliphatic heterocycles. The minimum absolute atomic E-state index is 0.0308. The van der Waals surface area contributed by atoms with Gasteiger partial charge in [0.1, 0.15) is 23.0 Å². The van der Waals surface area contributed by atoms with E-state index in [1.165, 1.54) is 31.4 Å². The Bertz CT molecular complexity index is 1780. The maximum Gasteiger partial charge on any atom is 0.350 e. The molecule has 1 atom stereocenters. The number of amides is 1. The third-order valence-electron chi connectivity index (χ3n) is 6.91. The summed E-state index contributed by atoms with van der Waals surface area (Å²) < 4.78 is 10.7. The van der Waals surface area contributed by atoms with E-state index in [-0.39, 0.29) is 32.5 Å². The largest absolute Gasteiger partial charge is 0.507 e. The molecule has 1 unspecified atom stereocenters. The SMILES string of the molecule is COC(=O)c1sc(N2C(=O)C(=O)/C(=C(\O)c3ccc(OCc4ccccc4)c(C)c3)C2c2ccc([N+](=O)[O-])cc2)nc1C. The Morgan fingerprint density at radius 1 is 1.07 bits per heavy atom. The lowest BCUT2D eigenvalue weighted by molar-refractivity contribution is -0.384. The molecule has 1 N–H and O–H groups in total. The molecule has 0 saturated carbocycles. The molecule has 3 aromatic carbocycles. The molecule has 0 aliphatic carbocycles. The molecule has 12 heteroatoms. The van der Waals surface area contributed by atoms with E-state index in [0.29, 0.717) is 23.5 Å². The van der Waals surface area contributed by atoms with Crippen molar-refractivity contribution in [2.45, 2.75) is 26.5 Å². The van der Waals surface area contributed by atoms with Crippen LogP contribution in [-0.4, -0.2) is 39.8 Å². The number of carbonyl (C=O) groups is 3. The fourth-order valence-electron chi connectivity index (χ4n) is 4.74. The van der Waals surface area contributed by atoms with Gasteiger partial charge in [-0.3, -0.25) is 24.6 Å². The Morgan fingerprint density at radius 3 is 2.40 bits per heavy atom. The average molecular weight is 600 g/mol. The molecule has 1 aliphatic rings. The predicted octanol–water partition coefficient (Wildman–Crippen LogP) is 5.66. The van der Waals surface area contributed by atoms with Crippen LogP contribution in [0.3, 0.4) is 0 Å². The second kappa shape index (κ2) is 11.9. The monoisotopic (exact) mass is 599 g/mol. The number of ether oxygens (including phenoxy) is 2. The number of nitro groups is 1. The van der Waals surface area contributed by atoms with Crippen LogP contribution in [-0.2, 0) is 20.9 Å². The van der Waals surface area contributed by atoms with E-state index in [4.69, 9.17) is 9.47 Å². The zero-order valence-corrected chi connectivity index (χ0v) is 24.1. The van der Waals surface area contributed by atoms with E-state index in [1.807, 2.05) is 30.3 Å². The van der Waals surface area contributed by atoms with E-state index in [9.17, 15) is 29.6 Å². The average Bonchev–Trinajstić information content (AvgIpc) is 3.52. The van der Waals surface area contributed by atoms with Crippen molar-refractivity contribution in [3.8, 4) is 5.75 Å². The van der Waals surface area contributed by atoms with Gasteiger partial charge in [0.25, 0.3) is 11.5 Å². The number of thiazole rings is 1. The Morgan fingerprint density at radius 2 is 1.77 bits per heavy atom. The number of esters is 1. The highest BCUT2D eigenvalue weighted by Crippen LogP contribution is 2.44. The second-order valence-corrected chi connectivity index (χ2v) is 10.7. The molecule has 218 valence electrons. The third-order valence-corrected chi connectivity index (χ3v) is 8.05. The maximum absolute atomic E-state index is 13.5. The van der Waals surface area contributed by atoms with E-state index in [1.54, 1.807) is 32.0 Å². The third kappa shape index (κ3) is 5.60. The lowest BCUT2D eigenvalue weighted by atomic mass is 9.94. The summed E-state index contributed by atoms with van der Waals surface area (Å²) in [5, 5.41) is 22.8. The fourth-order valence-corrected chi connectivity index (χ4v) is 5.75. The predicted molar refractivity (Wildman–Crippen MR) is 158 cm³/mol. The van der Waals surface area contributed by atoms with Gasteiger partial charge in [0.05, 0.1) is 29.3 Å². The van der Waals surface area contributed by atoms with Gasteiger partial charge >= 0.3 is 11.9 Å². The molecule has 5 rings (SSSR count). The van der Waals surface area contributed by atoms with Crippen molar-refractivity contribution < 1.29 is 33.9 Å². The van der Waals surface area contributed by atoms with Gasteiger partial charge in [-0.1, -0.05) is 41.7 Å². The molecular weight excluding hydrogens is 574 g/mol. The van der Waals surface area contributed by atoms with Gasteiger partial charge in [-0.2, -0.15) is 0 Å². The Hall–Kier alpha value is -5.36. The first-order valence-electron chi connectivity index (χ1n) is 13.0. The highest BCUT2D eigenvalue weighted by molar-refractivity contribution is 7.17. The lowest BCUT2D eigenvalue weighted by Crippen LogP contribution is -2.29. The molecule has 4 aromatic rings. The topological polar surface area (TPSA) is 149 Å². The Balaban J connectivity index is 1.59. The number of benzene rings is 3. The van der Waals surface area contributed by atoms with E-state index in [2.05, 4.69) is 4.98 Å². The van der Waals surface area contributed by atoms with Crippen molar-refractivity contribution in [3.05, 3.63) is 121 Å². The van der Waals surface area contributed by atoms with Crippen LogP contribution < -0.4 is 9.64 Å². The van der Waals surface area contributed by atoms with Crippen LogP contribution in [0.5, 0.6) is 5.75 Å². The molecule has 1 aromatic heterocycles. The number of hydrogen-bond donors (Lipinski definition) is 1. The Labute approximate surface area is 249 Å². The van der Waals surface area contributed by atoms with Crippen molar-refractivity contribution in [1.82, 2.24) is 4.98 Å². The number of non-ortho nitro benzene ring substituents is 1. The van der Waals surface area contributed by atoms with Gasteiger partial charge in [0.15, 0.2) is 5.13 Å². The number of ketones is 1. The summed E-state index contributed by atoms with van der Waals surface area (Å²) in [5.41, 5.74) is 2.10. The van der Waals surface area contributed by atoms with Crippen molar-refractivity contribution in [2.75, 3.05) is 12.0 Å². The van der Waals surface area contributed by atoms with Crippen LogP contribution in [0.1, 0.15) is 43.7 Å². The quantitative estimate of drug-likeness (QED) is 0.0676. The van der Waals surface area contributed by atoms with Gasteiger partial charge in [-0.05, 0) is 60.9 Å². The number of aliphatic hydroxyl groups excluding tert-OH is 1. The number of anilines is 1. The van der Waals surface area contributed by atoms with Gasteiger partial charge in [0, 0.05) is 17.7 Å². The molecule has 1 amide bonds. The van der Waals surface area contributed by atoms with Crippen LogP contribution >= 0.6 is 11.3 Å². The molecule has 0 radical (unpaired) electrons. The summed E-state index contributed by atoms with van der Waals surface area (Å²) in [5.74, 6) is -2.48. The first-order chi connectivity index (χ1) is 20.6. The molecule has 11 nitrogen and oxygen atoms in total. The summed E-state index contributed by atoms with van der Waals surface area (Å²) in [6, 6.07) is 18.6. The first-order valence-corrected chi connectivity index (χ1v) is 13.8. The van der Waals surface area contributed by atoms with Crippen LogP contribution in [0.2, 0.25) is 0 Å². The summed E-state index contributed by atoms with van der Waals surface area (Å²) in [7, 11) is 1.21. The smallest absolute Gasteiger partial charge is 0.350 e. The maximum atomic E-state index is 13.5. The van der Waals surface area contributed by atoms with Crippen LogP contribution in [0.4, 0.5) is 10.8 Å². The van der Waals surface area contributed by atoms with Crippen LogP contribution in [0.15, 0.2) is 78.4 Å². The van der Waals surface area contributed by atoms with Crippen LogP contribution in [0.25, 0.3) is 5.76 Å². The molecule has 1 saturated heterocycles. The number of nitrogens with zero attached hydrogens (tertiary/aromatic N) is 3. The minimum Gasteiger partial charge on any atom is -0.507 e. The number of nitro benzene ring substituents is 1. The van der Waals surface area contributed by atoms with E-state index < -0.39 is 34.4 Å². The molecule has 0 spiro atoms. The number of aliphatic hydroxyl groups is 1. The molecule has 1 fully saturated rings. The number of aromatic nitrogens is 1. The summed E-state index contributed by atoms with van der Waals surface area (Å²) in [6.45, 7) is 3.68. The zero-order chi connectivity index (χ0) is 30.8. The number of methoxy groups -OCH3 is 1. The highest BCUT2D eigenvalue weighted by atomic mass is 32.1. The van der Waals surface area contributed by atoms with Gasteiger partial charge in [-0.25, -0.2) is 9.78 Å². The second-order valence-electron chi connectivity index (χ2n) is 9.67. The number of carbonyl (C=O) groups excluding carboxylic acids is 3. The minimum atomic E-state index is -1.19. The zero-order valence-electron chi connectivity index (χ0n) is 23.3. The summed E-state index contributed by atoms with van der Waals surface area (Å²) >= 11 is 0.858. The molecule has 0 bridgehead atoms. The van der Waals surface area contributed by atoms with Crippen molar-refractivity contribution in [2.24, 2.45) is 0 Å². The summed E-state index contributed by atoms with van der Waals surface area (Å²) in [4.78, 5) is 55.5. The van der Waals surface area contributed by atoms with E-state index >= 15 is 0 Å². The fraction of sp³-hybridized carbons (Fsp3) is 0.161. The molecular formula is C31H25N3O8S. The van der Waals surface area contributed by atoms with Gasteiger partial charge < -0.3 is 14.6 Å². The number of hydrogen-bond acceptors (Lipinski definition) is 10. The standard InChI is InChI=1S/C31H25N3O8S/c1-17-15-21(11-14-23(17)42-16-19-7-5-4-6-8-19)26(35)24-25(20-9-12-22(13-10-20)34(39)40)33(29(37)27(24)36)31-32-18(2)28(43-31)30(38)41-3/h4-15,25,35H,16H2,1-3H3/b26-24-. The first kappa shape index (κ1) is 29.1. The molecule has 2 heterocycles. The normalized spacial score (nSPS) is 15.9. The van der Waals surface area contributed by atoms with E-state index in [0.717, 1.165) is 21.8 Å². The van der Waals surface area contributed by atoms with Crippen molar-refractivity contribution in [3.63, 3.8) is 0 Å². The number of rotatable bonds is 8. The van der Waals surface area contributed by atoms with Crippen LogP contribution in [0, 0.1) is 24.0 Å². The summed E-state index contributed by atoms with van der Waals surface area (Å²) in [6.07, 6.45) is 0. The van der Waals surface area contributed by atoms with Crippen molar-refractivity contribution >= 4 is 45.6 Å². The van der Waals surface area contributed by atoms with Crippen molar-refractivity contribution in [1.29, 1.82) is 0 Å².